The Labute approximate surface area is 121 Å². The van der Waals surface area contributed by atoms with Crippen LogP contribution in [0.15, 0.2) is 16.6 Å². The van der Waals surface area contributed by atoms with Crippen molar-refractivity contribution < 1.29 is 9.90 Å². The number of carbonyl (C=O) groups is 1. The van der Waals surface area contributed by atoms with Crippen molar-refractivity contribution in [3.8, 4) is 5.75 Å². The van der Waals surface area contributed by atoms with E-state index in [-0.39, 0.29) is 11.9 Å². The molecule has 5 heteroatoms. The normalized spacial score (nSPS) is 19.6. The SMILES string of the molecule is CNC(=O)C1CCCN1Cc1cc(Br)cc(C)c1O. The number of nitrogens with zero attached hydrogens (tertiary/aromatic N) is 1. The maximum Gasteiger partial charge on any atom is 0.237 e. The van der Waals surface area contributed by atoms with Gasteiger partial charge in [-0.1, -0.05) is 15.9 Å². The highest BCUT2D eigenvalue weighted by atomic mass is 79.9. The van der Waals surface area contributed by atoms with Gasteiger partial charge in [0.1, 0.15) is 5.75 Å². The summed E-state index contributed by atoms with van der Waals surface area (Å²) in [6, 6.07) is 3.73. The van der Waals surface area contributed by atoms with Crippen molar-refractivity contribution in [2.75, 3.05) is 13.6 Å². The molecular weight excluding hydrogens is 308 g/mol. The van der Waals surface area contributed by atoms with Crippen LogP contribution in [0, 0.1) is 6.92 Å². The zero-order chi connectivity index (χ0) is 14.0. The third-order valence-electron chi connectivity index (χ3n) is 3.63. The summed E-state index contributed by atoms with van der Waals surface area (Å²) >= 11 is 3.45. The fourth-order valence-electron chi connectivity index (χ4n) is 2.62. The summed E-state index contributed by atoms with van der Waals surface area (Å²) in [5, 5.41) is 12.8. The lowest BCUT2D eigenvalue weighted by molar-refractivity contribution is -0.125. The van der Waals surface area contributed by atoms with Crippen LogP contribution >= 0.6 is 15.9 Å². The monoisotopic (exact) mass is 326 g/mol. The lowest BCUT2D eigenvalue weighted by atomic mass is 10.1. The first-order valence-corrected chi connectivity index (χ1v) is 7.26. The van der Waals surface area contributed by atoms with E-state index in [9.17, 15) is 9.90 Å². The molecule has 1 heterocycles. The van der Waals surface area contributed by atoms with Crippen LogP contribution in [0.25, 0.3) is 0 Å². The number of phenols is 1. The number of nitrogens with one attached hydrogen (secondary N) is 1. The summed E-state index contributed by atoms with van der Waals surface area (Å²) in [6.07, 6.45) is 1.90. The number of likely N-dealkylation sites (N-methyl/N-ethyl adjacent to an activating group) is 1. The minimum absolute atomic E-state index is 0.0590. The molecule has 0 saturated carbocycles. The molecule has 1 unspecified atom stereocenters. The van der Waals surface area contributed by atoms with Gasteiger partial charge in [0.15, 0.2) is 0 Å². The van der Waals surface area contributed by atoms with E-state index in [2.05, 4.69) is 26.1 Å². The van der Waals surface area contributed by atoms with Gasteiger partial charge in [0, 0.05) is 23.6 Å². The summed E-state index contributed by atoms with van der Waals surface area (Å²) in [7, 11) is 1.67. The third-order valence-corrected chi connectivity index (χ3v) is 4.09. The lowest BCUT2D eigenvalue weighted by Gasteiger charge is -2.23. The van der Waals surface area contributed by atoms with Crippen molar-refractivity contribution in [3.63, 3.8) is 0 Å². The van der Waals surface area contributed by atoms with Crippen LogP contribution in [0.2, 0.25) is 0 Å². The molecule has 1 fully saturated rings. The van der Waals surface area contributed by atoms with Crippen molar-refractivity contribution in [1.82, 2.24) is 10.2 Å². The molecular formula is C14H19BrN2O2. The van der Waals surface area contributed by atoms with E-state index in [0.29, 0.717) is 12.3 Å². The number of aromatic hydroxyl groups is 1. The largest absolute Gasteiger partial charge is 0.507 e. The van der Waals surface area contributed by atoms with E-state index in [1.165, 1.54) is 0 Å². The van der Waals surface area contributed by atoms with Gasteiger partial charge in [-0.3, -0.25) is 9.69 Å². The van der Waals surface area contributed by atoms with Gasteiger partial charge in [-0.2, -0.15) is 0 Å². The predicted octanol–water partition coefficient (Wildman–Crippen LogP) is 2.17. The second-order valence-corrected chi connectivity index (χ2v) is 5.89. The van der Waals surface area contributed by atoms with E-state index in [1.807, 2.05) is 19.1 Å². The topological polar surface area (TPSA) is 52.6 Å². The second-order valence-electron chi connectivity index (χ2n) is 4.97. The smallest absolute Gasteiger partial charge is 0.237 e. The van der Waals surface area contributed by atoms with Crippen LogP contribution in [0.3, 0.4) is 0 Å². The van der Waals surface area contributed by atoms with Crippen LogP contribution in [0.4, 0.5) is 0 Å². The molecule has 104 valence electrons. The first-order chi connectivity index (χ1) is 9.02. The third kappa shape index (κ3) is 3.09. The Balaban J connectivity index is 2.19. The Morgan fingerprint density at radius 2 is 2.32 bits per heavy atom. The van der Waals surface area contributed by atoms with Gasteiger partial charge >= 0.3 is 0 Å². The van der Waals surface area contributed by atoms with Crippen molar-refractivity contribution in [3.05, 3.63) is 27.7 Å². The first-order valence-electron chi connectivity index (χ1n) is 6.46. The number of aryl methyl sites for hydroxylation is 1. The number of benzene rings is 1. The van der Waals surface area contributed by atoms with Gasteiger partial charge in [-0.25, -0.2) is 0 Å². The second kappa shape index (κ2) is 5.92. The minimum atomic E-state index is -0.0799. The molecule has 0 spiro atoms. The van der Waals surface area contributed by atoms with Crippen LogP contribution in [-0.2, 0) is 11.3 Å². The van der Waals surface area contributed by atoms with Gasteiger partial charge in [0.2, 0.25) is 5.91 Å². The molecule has 1 amide bonds. The number of rotatable bonds is 3. The number of hydrogen-bond acceptors (Lipinski definition) is 3. The van der Waals surface area contributed by atoms with Gasteiger partial charge in [0.05, 0.1) is 6.04 Å². The number of carbonyl (C=O) groups excluding carboxylic acids is 1. The van der Waals surface area contributed by atoms with E-state index in [4.69, 9.17) is 0 Å². The molecule has 0 aromatic heterocycles. The van der Waals surface area contributed by atoms with Crippen molar-refractivity contribution in [2.24, 2.45) is 0 Å². The summed E-state index contributed by atoms with van der Waals surface area (Å²) in [5.74, 6) is 0.384. The zero-order valence-corrected chi connectivity index (χ0v) is 12.8. The number of hydrogen-bond donors (Lipinski definition) is 2. The molecule has 1 aliphatic heterocycles. The van der Waals surface area contributed by atoms with Crippen molar-refractivity contribution in [2.45, 2.75) is 32.4 Å². The molecule has 0 bridgehead atoms. The van der Waals surface area contributed by atoms with E-state index < -0.39 is 0 Å². The van der Waals surface area contributed by atoms with Crippen LogP contribution in [0.1, 0.15) is 24.0 Å². The fraction of sp³-hybridized carbons (Fsp3) is 0.500. The Morgan fingerprint density at radius 1 is 1.58 bits per heavy atom. The molecule has 0 aliphatic carbocycles. The number of likely N-dealkylation sites (tertiary alicyclic amines) is 1. The van der Waals surface area contributed by atoms with Gasteiger partial charge < -0.3 is 10.4 Å². The standard InChI is InChI=1S/C14H19BrN2O2/c1-9-6-11(15)7-10(13(9)18)8-17-5-3-4-12(17)14(19)16-2/h6-7,12,18H,3-5,8H2,1-2H3,(H,16,19). The molecule has 19 heavy (non-hydrogen) atoms. The van der Waals surface area contributed by atoms with Gasteiger partial charge in [-0.05, 0) is 44.0 Å². The number of phenolic OH excluding ortho intramolecular Hbond substituents is 1. The highest BCUT2D eigenvalue weighted by Gasteiger charge is 2.30. The molecule has 1 aromatic rings. The molecule has 1 saturated heterocycles. The molecule has 4 nitrogen and oxygen atoms in total. The molecule has 1 atom stereocenters. The summed E-state index contributed by atoms with van der Waals surface area (Å²) in [4.78, 5) is 13.9. The fourth-order valence-corrected chi connectivity index (χ4v) is 3.24. The minimum Gasteiger partial charge on any atom is -0.507 e. The van der Waals surface area contributed by atoms with E-state index >= 15 is 0 Å². The summed E-state index contributed by atoms with van der Waals surface area (Å²) in [6.45, 7) is 3.37. The Bertz CT molecular complexity index is 491. The molecule has 1 aliphatic rings. The maximum absolute atomic E-state index is 11.8. The average molecular weight is 327 g/mol. The zero-order valence-electron chi connectivity index (χ0n) is 11.2. The summed E-state index contributed by atoms with van der Waals surface area (Å²) in [5.41, 5.74) is 1.71. The molecule has 2 rings (SSSR count). The lowest BCUT2D eigenvalue weighted by Crippen LogP contribution is -2.41. The maximum atomic E-state index is 11.8. The number of halogens is 1. The predicted molar refractivity (Wildman–Crippen MR) is 78.0 cm³/mol. The van der Waals surface area contributed by atoms with Crippen LogP contribution in [-0.4, -0.2) is 35.5 Å². The Kier molecular flexibility index (Phi) is 4.47. The molecule has 2 N–H and O–H groups in total. The Morgan fingerprint density at radius 3 is 3.00 bits per heavy atom. The summed E-state index contributed by atoms with van der Waals surface area (Å²) < 4.78 is 0.952. The highest BCUT2D eigenvalue weighted by molar-refractivity contribution is 9.10. The Hall–Kier alpha value is -1.07. The van der Waals surface area contributed by atoms with Gasteiger partial charge in [-0.15, -0.1) is 0 Å². The van der Waals surface area contributed by atoms with Gasteiger partial charge in [0.25, 0.3) is 0 Å². The van der Waals surface area contributed by atoms with Crippen molar-refractivity contribution >= 4 is 21.8 Å². The van der Waals surface area contributed by atoms with E-state index in [0.717, 1.165) is 35.0 Å². The average Bonchev–Trinajstić information content (AvgIpc) is 2.82. The van der Waals surface area contributed by atoms with Crippen LogP contribution in [0.5, 0.6) is 5.75 Å². The van der Waals surface area contributed by atoms with Crippen molar-refractivity contribution in [1.29, 1.82) is 0 Å². The molecule has 1 aromatic carbocycles. The first kappa shape index (κ1) is 14.3. The highest BCUT2D eigenvalue weighted by Crippen LogP contribution is 2.30. The quantitative estimate of drug-likeness (QED) is 0.895. The van der Waals surface area contributed by atoms with Crippen LogP contribution < -0.4 is 5.32 Å². The number of amides is 1. The van der Waals surface area contributed by atoms with E-state index in [1.54, 1.807) is 7.05 Å². The molecule has 0 radical (unpaired) electrons.